The van der Waals surface area contributed by atoms with Gasteiger partial charge in [0.1, 0.15) is 11.3 Å². The number of benzene rings is 1. The van der Waals surface area contributed by atoms with E-state index >= 15 is 0 Å². The van der Waals surface area contributed by atoms with Gasteiger partial charge in [-0.1, -0.05) is 18.2 Å². The zero-order valence-electron chi connectivity index (χ0n) is 15.3. The molecular weight excluding hydrogens is 345 g/mol. The molecule has 1 atom stereocenters. The molecule has 1 fully saturated rings. The standard InChI is InChI=1S/C20H22FN5O/c1-25-20-19(22-10-11-23-20)18(24-25)15-6-4-12-26(13-15)17(27)9-8-14-5-2-3-7-16(14)21/h2-3,5,7,10-11,15H,4,6,8-9,12-13H2,1H3/t15-/m1/s1. The summed E-state index contributed by atoms with van der Waals surface area (Å²) >= 11 is 0. The van der Waals surface area contributed by atoms with Gasteiger partial charge in [0, 0.05) is 44.9 Å². The highest BCUT2D eigenvalue weighted by atomic mass is 19.1. The molecule has 1 aliphatic rings. The Hall–Kier alpha value is -2.83. The van der Waals surface area contributed by atoms with Crippen molar-refractivity contribution in [3.63, 3.8) is 0 Å². The van der Waals surface area contributed by atoms with Crippen molar-refractivity contribution in [1.29, 1.82) is 0 Å². The first kappa shape index (κ1) is 17.6. The van der Waals surface area contributed by atoms with E-state index in [1.165, 1.54) is 6.07 Å². The van der Waals surface area contributed by atoms with Gasteiger partial charge in [-0.3, -0.25) is 4.79 Å². The molecule has 3 heterocycles. The van der Waals surface area contributed by atoms with Crippen molar-refractivity contribution in [1.82, 2.24) is 24.6 Å². The molecule has 140 valence electrons. The number of hydrogen-bond acceptors (Lipinski definition) is 4. The Labute approximate surface area is 157 Å². The number of nitrogens with zero attached hydrogens (tertiary/aromatic N) is 5. The average molecular weight is 367 g/mol. The summed E-state index contributed by atoms with van der Waals surface area (Å²) in [4.78, 5) is 23.3. The smallest absolute Gasteiger partial charge is 0.222 e. The maximum atomic E-state index is 13.8. The number of aromatic nitrogens is 4. The van der Waals surface area contributed by atoms with Crippen molar-refractivity contribution >= 4 is 17.1 Å². The Morgan fingerprint density at radius 3 is 2.93 bits per heavy atom. The molecule has 0 saturated carbocycles. The number of likely N-dealkylation sites (tertiary alicyclic amines) is 1. The predicted octanol–water partition coefficient (Wildman–Crippen LogP) is 2.84. The minimum absolute atomic E-state index is 0.0641. The molecule has 1 amide bonds. The van der Waals surface area contributed by atoms with Gasteiger partial charge in [0.15, 0.2) is 5.65 Å². The van der Waals surface area contributed by atoms with E-state index in [4.69, 9.17) is 0 Å². The van der Waals surface area contributed by atoms with Gasteiger partial charge in [-0.25, -0.2) is 19.0 Å². The number of rotatable bonds is 4. The molecule has 6 nitrogen and oxygen atoms in total. The van der Waals surface area contributed by atoms with Crippen molar-refractivity contribution in [2.24, 2.45) is 7.05 Å². The van der Waals surface area contributed by atoms with Gasteiger partial charge < -0.3 is 4.90 Å². The summed E-state index contributed by atoms with van der Waals surface area (Å²) in [6.45, 7) is 1.36. The van der Waals surface area contributed by atoms with Crippen LogP contribution in [0.1, 0.15) is 36.4 Å². The van der Waals surface area contributed by atoms with Crippen LogP contribution >= 0.6 is 0 Å². The molecule has 27 heavy (non-hydrogen) atoms. The number of hydrogen-bond donors (Lipinski definition) is 0. The van der Waals surface area contributed by atoms with Crippen LogP contribution in [-0.4, -0.2) is 43.6 Å². The number of piperidine rings is 1. The van der Waals surface area contributed by atoms with Gasteiger partial charge in [-0.15, -0.1) is 0 Å². The molecule has 1 saturated heterocycles. The van der Waals surface area contributed by atoms with Crippen molar-refractivity contribution in [2.45, 2.75) is 31.6 Å². The molecule has 7 heteroatoms. The maximum absolute atomic E-state index is 13.8. The van der Waals surface area contributed by atoms with E-state index in [1.54, 1.807) is 35.3 Å². The molecule has 2 aromatic heterocycles. The lowest BCUT2D eigenvalue weighted by molar-refractivity contribution is -0.132. The molecule has 0 aliphatic carbocycles. The molecule has 0 spiro atoms. The lowest BCUT2D eigenvalue weighted by atomic mass is 9.94. The first-order valence-electron chi connectivity index (χ1n) is 9.28. The zero-order chi connectivity index (χ0) is 18.8. The maximum Gasteiger partial charge on any atom is 0.222 e. The summed E-state index contributed by atoms with van der Waals surface area (Å²) in [6.07, 6.45) is 5.97. The molecule has 1 aromatic carbocycles. The van der Waals surface area contributed by atoms with Gasteiger partial charge in [-0.05, 0) is 30.9 Å². The van der Waals surface area contributed by atoms with Crippen molar-refractivity contribution < 1.29 is 9.18 Å². The molecule has 0 bridgehead atoms. The molecule has 0 radical (unpaired) electrons. The Kier molecular flexibility index (Phi) is 4.83. The van der Waals surface area contributed by atoms with E-state index < -0.39 is 0 Å². The second kappa shape index (κ2) is 7.42. The first-order chi connectivity index (χ1) is 13.1. The van der Waals surface area contributed by atoms with Gasteiger partial charge in [0.2, 0.25) is 5.91 Å². The van der Waals surface area contributed by atoms with Crippen LogP contribution in [0, 0.1) is 5.82 Å². The number of carbonyl (C=O) groups excluding carboxylic acids is 1. The van der Waals surface area contributed by atoms with Crippen LogP contribution in [0.15, 0.2) is 36.7 Å². The van der Waals surface area contributed by atoms with Crippen LogP contribution in [0.4, 0.5) is 4.39 Å². The van der Waals surface area contributed by atoms with Gasteiger partial charge in [-0.2, -0.15) is 5.10 Å². The number of amides is 1. The summed E-state index contributed by atoms with van der Waals surface area (Å²) in [7, 11) is 1.86. The normalized spacial score (nSPS) is 17.4. The highest BCUT2D eigenvalue weighted by molar-refractivity contribution is 5.77. The van der Waals surface area contributed by atoms with E-state index in [0.717, 1.165) is 36.2 Å². The summed E-state index contributed by atoms with van der Waals surface area (Å²) in [5.41, 5.74) is 3.07. The predicted molar refractivity (Wildman–Crippen MR) is 99.6 cm³/mol. The molecular formula is C20H22FN5O. The van der Waals surface area contributed by atoms with E-state index in [9.17, 15) is 9.18 Å². The third kappa shape index (κ3) is 3.54. The first-order valence-corrected chi connectivity index (χ1v) is 9.28. The van der Waals surface area contributed by atoms with Crippen molar-refractivity contribution in [3.8, 4) is 0 Å². The van der Waals surface area contributed by atoms with Gasteiger partial charge >= 0.3 is 0 Å². The second-order valence-corrected chi connectivity index (χ2v) is 7.01. The largest absolute Gasteiger partial charge is 0.342 e. The molecule has 3 aromatic rings. The van der Waals surface area contributed by atoms with Crippen molar-refractivity contribution in [3.05, 3.63) is 53.7 Å². The molecule has 0 N–H and O–H groups in total. The van der Waals surface area contributed by atoms with Gasteiger partial charge in [0.25, 0.3) is 0 Å². The summed E-state index contributed by atoms with van der Waals surface area (Å²) in [5.74, 6) is -0.0359. The quantitative estimate of drug-likeness (QED) is 0.711. The lowest BCUT2D eigenvalue weighted by Gasteiger charge is -2.32. The highest BCUT2D eigenvalue weighted by Gasteiger charge is 2.28. The second-order valence-electron chi connectivity index (χ2n) is 7.01. The fourth-order valence-electron chi connectivity index (χ4n) is 3.81. The summed E-state index contributed by atoms with van der Waals surface area (Å²) < 4.78 is 15.5. The third-order valence-corrected chi connectivity index (χ3v) is 5.21. The summed E-state index contributed by atoms with van der Waals surface area (Å²) in [5, 5.41) is 4.62. The SMILES string of the molecule is Cn1nc([C@@H]2CCCN(C(=O)CCc3ccccc3F)C2)c2nccnc21. The highest BCUT2D eigenvalue weighted by Crippen LogP contribution is 2.30. The van der Waals surface area contributed by atoms with Crippen LogP contribution in [0.5, 0.6) is 0 Å². The number of halogens is 1. The molecule has 1 aliphatic heterocycles. The van der Waals surface area contributed by atoms with E-state index in [1.807, 2.05) is 11.9 Å². The molecule has 0 unspecified atom stereocenters. The Morgan fingerprint density at radius 2 is 2.07 bits per heavy atom. The Morgan fingerprint density at radius 1 is 1.26 bits per heavy atom. The Bertz CT molecular complexity index is 970. The Balaban J connectivity index is 1.46. The fourth-order valence-corrected chi connectivity index (χ4v) is 3.81. The van der Waals surface area contributed by atoms with Crippen LogP contribution in [0.2, 0.25) is 0 Å². The average Bonchev–Trinajstić information content (AvgIpc) is 3.04. The van der Waals surface area contributed by atoms with Crippen LogP contribution < -0.4 is 0 Å². The third-order valence-electron chi connectivity index (χ3n) is 5.21. The monoisotopic (exact) mass is 367 g/mol. The summed E-state index contributed by atoms with van der Waals surface area (Å²) in [6, 6.07) is 6.63. The van der Waals surface area contributed by atoms with Gasteiger partial charge in [0.05, 0.1) is 5.69 Å². The van der Waals surface area contributed by atoms with Crippen LogP contribution in [0.3, 0.4) is 0 Å². The topological polar surface area (TPSA) is 63.9 Å². The van der Waals surface area contributed by atoms with Crippen LogP contribution in [-0.2, 0) is 18.3 Å². The minimum Gasteiger partial charge on any atom is -0.342 e. The van der Waals surface area contributed by atoms with Crippen LogP contribution in [0.25, 0.3) is 11.2 Å². The van der Waals surface area contributed by atoms with E-state index in [2.05, 4.69) is 15.1 Å². The van der Waals surface area contributed by atoms with E-state index in [0.29, 0.717) is 24.9 Å². The number of fused-ring (bicyclic) bond motifs is 1. The number of carbonyl (C=O) groups is 1. The number of aryl methyl sites for hydroxylation is 2. The fraction of sp³-hybridized carbons (Fsp3) is 0.400. The molecule has 4 rings (SSSR count). The van der Waals surface area contributed by atoms with E-state index in [-0.39, 0.29) is 17.6 Å². The minimum atomic E-state index is -0.250. The zero-order valence-corrected chi connectivity index (χ0v) is 15.3. The van der Waals surface area contributed by atoms with Crippen molar-refractivity contribution in [2.75, 3.05) is 13.1 Å². The lowest BCUT2D eigenvalue weighted by Crippen LogP contribution is -2.39.